The van der Waals surface area contributed by atoms with Gasteiger partial charge in [-0.15, -0.1) is 0 Å². The largest absolute Gasteiger partial charge is 0.383 e. The van der Waals surface area contributed by atoms with Crippen LogP contribution in [-0.2, 0) is 10.0 Å². The number of anilines is 1. The van der Waals surface area contributed by atoms with E-state index in [9.17, 15) is 17.2 Å². The molecule has 1 rings (SSSR count). The van der Waals surface area contributed by atoms with Gasteiger partial charge in [0, 0.05) is 17.3 Å². The highest BCUT2D eigenvalue weighted by atomic mass is 32.2. The Labute approximate surface area is 85.2 Å². The molecule has 15 heavy (non-hydrogen) atoms. The van der Waals surface area contributed by atoms with Crippen LogP contribution in [0.3, 0.4) is 0 Å². The van der Waals surface area contributed by atoms with Crippen LogP contribution in [0.4, 0.5) is 14.6 Å². The van der Waals surface area contributed by atoms with Crippen molar-refractivity contribution in [2.24, 2.45) is 5.14 Å². The Morgan fingerprint density at radius 2 is 2.00 bits per heavy atom. The quantitative estimate of drug-likeness (QED) is 0.784. The molecule has 0 aliphatic carbocycles. The number of hydrogen-bond donors (Lipinski definition) is 2. The molecule has 0 unspecified atom stereocenters. The number of halogens is 2. The first kappa shape index (κ1) is 11.8. The van der Waals surface area contributed by atoms with Crippen molar-refractivity contribution in [2.75, 3.05) is 5.73 Å². The van der Waals surface area contributed by atoms with E-state index in [0.29, 0.717) is 0 Å². The molecular weight excluding hydrogens is 228 g/mol. The van der Waals surface area contributed by atoms with Crippen molar-refractivity contribution in [3.8, 4) is 0 Å². The number of aromatic nitrogens is 1. The lowest BCUT2D eigenvalue weighted by atomic mass is 10.1. The Kier molecular flexibility index (Phi) is 2.91. The van der Waals surface area contributed by atoms with Crippen LogP contribution >= 0.6 is 0 Å². The molecule has 8 heteroatoms. The molecule has 0 spiro atoms. The van der Waals surface area contributed by atoms with Crippen LogP contribution in [-0.4, -0.2) is 13.4 Å². The summed E-state index contributed by atoms with van der Waals surface area (Å²) in [5, 5.41) is 4.77. The van der Waals surface area contributed by atoms with E-state index in [1.54, 1.807) is 0 Å². The molecule has 1 aromatic heterocycles. The average Bonchev–Trinajstić information content (AvgIpc) is 2.06. The predicted octanol–water partition coefficient (Wildman–Crippen LogP) is 0.557. The number of hydrogen-bond acceptors (Lipinski definition) is 4. The maximum Gasteiger partial charge on any atom is 0.265 e. The average molecular weight is 237 g/mol. The fourth-order valence-corrected chi connectivity index (χ4v) is 1.86. The van der Waals surface area contributed by atoms with Gasteiger partial charge in [-0.2, -0.15) is 0 Å². The molecule has 0 radical (unpaired) electrons. The van der Waals surface area contributed by atoms with Gasteiger partial charge in [-0.3, -0.25) is 0 Å². The number of rotatable bonds is 2. The van der Waals surface area contributed by atoms with Gasteiger partial charge in [0.25, 0.3) is 6.43 Å². The van der Waals surface area contributed by atoms with E-state index < -0.39 is 26.9 Å². The minimum atomic E-state index is -4.22. The zero-order valence-electron chi connectivity index (χ0n) is 7.74. The molecule has 0 bridgehead atoms. The summed E-state index contributed by atoms with van der Waals surface area (Å²) in [7, 11) is -4.22. The number of nitrogen functional groups attached to an aromatic ring is 1. The maximum atomic E-state index is 12.6. The van der Waals surface area contributed by atoms with Crippen LogP contribution in [0.2, 0.25) is 0 Å². The van der Waals surface area contributed by atoms with E-state index in [-0.39, 0.29) is 11.4 Å². The molecule has 0 aliphatic heterocycles. The highest BCUT2D eigenvalue weighted by molar-refractivity contribution is 7.89. The van der Waals surface area contributed by atoms with Crippen LogP contribution in [0.5, 0.6) is 0 Å². The summed E-state index contributed by atoms with van der Waals surface area (Å²) in [6.07, 6.45) is -2.23. The highest BCUT2D eigenvalue weighted by Gasteiger charge is 2.24. The molecule has 0 aliphatic rings. The third-order valence-corrected chi connectivity index (χ3v) is 2.84. The summed E-state index contributed by atoms with van der Waals surface area (Å²) in [6, 6.07) is 0. The van der Waals surface area contributed by atoms with Gasteiger partial charge in [0.05, 0.1) is 0 Å². The summed E-state index contributed by atoms with van der Waals surface area (Å²) in [4.78, 5) is 2.78. The molecule has 0 aromatic carbocycles. The van der Waals surface area contributed by atoms with E-state index in [2.05, 4.69) is 4.98 Å². The topological polar surface area (TPSA) is 99.1 Å². The third kappa shape index (κ3) is 2.21. The SMILES string of the molecule is Cc1c(N)ncc(S(N)(=O)=O)c1C(F)F. The van der Waals surface area contributed by atoms with Crippen molar-refractivity contribution in [1.82, 2.24) is 4.98 Å². The molecule has 4 N–H and O–H groups in total. The van der Waals surface area contributed by atoms with Crippen molar-refractivity contribution in [1.29, 1.82) is 0 Å². The summed E-state index contributed by atoms with van der Waals surface area (Å²) >= 11 is 0. The van der Waals surface area contributed by atoms with Crippen molar-refractivity contribution >= 4 is 15.8 Å². The van der Waals surface area contributed by atoms with Crippen molar-refractivity contribution < 1.29 is 17.2 Å². The van der Waals surface area contributed by atoms with Crippen LogP contribution < -0.4 is 10.9 Å². The van der Waals surface area contributed by atoms with Crippen LogP contribution in [0.25, 0.3) is 0 Å². The van der Waals surface area contributed by atoms with Crippen LogP contribution in [0, 0.1) is 6.92 Å². The van der Waals surface area contributed by atoms with E-state index >= 15 is 0 Å². The van der Waals surface area contributed by atoms with E-state index in [4.69, 9.17) is 10.9 Å². The van der Waals surface area contributed by atoms with Gasteiger partial charge in [0.2, 0.25) is 10.0 Å². The first-order chi connectivity index (χ1) is 6.75. The number of nitrogens with two attached hydrogens (primary N) is 2. The summed E-state index contributed by atoms with van der Waals surface area (Å²) < 4.78 is 47.2. The minimum Gasteiger partial charge on any atom is -0.383 e. The molecule has 1 heterocycles. The monoisotopic (exact) mass is 237 g/mol. The Hall–Kier alpha value is -1.28. The summed E-state index contributed by atoms with van der Waals surface area (Å²) in [6.45, 7) is 1.26. The van der Waals surface area contributed by atoms with Crippen molar-refractivity contribution in [3.05, 3.63) is 17.3 Å². The van der Waals surface area contributed by atoms with Crippen LogP contribution in [0.15, 0.2) is 11.1 Å². The highest BCUT2D eigenvalue weighted by Crippen LogP contribution is 2.30. The molecule has 0 amide bonds. The summed E-state index contributed by atoms with van der Waals surface area (Å²) in [5.41, 5.74) is 4.53. The van der Waals surface area contributed by atoms with Gasteiger partial charge >= 0.3 is 0 Å². The lowest BCUT2D eigenvalue weighted by Crippen LogP contribution is -2.17. The van der Waals surface area contributed by atoms with E-state index in [1.807, 2.05) is 0 Å². The standard InChI is InChI=1S/C7H9F2N3O2S/c1-3-5(6(8)9)4(15(11,13)14)2-12-7(3)10/h2,6H,1H3,(H2,10,12)(H2,11,13,14). The second kappa shape index (κ2) is 3.70. The first-order valence-corrected chi connectivity index (χ1v) is 5.35. The predicted molar refractivity (Wildman–Crippen MR) is 49.7 cm³/mol. The van der Waals surface area contributed by atoms with Gasteiger partial charge in [0.1, 0.15) is 10.7 Å². The lowest BCUT2D eigenvalue weighted by Gasteiger charge is -2.11. The third-order valence-electron chi connectivity index (χ3n) is 1.90. The number of primary sulfonamides is 1. The molecule has 0 fully saturated rings. The molecular formula is C7H9F2N3O2S. The summed E-state index contributed by atoms with van der Waals surface area (Å²) in [5.74, 6) is -0.141. The lowest BCUT2D eigenvalue weighted by molar-refractivity contribution is 0.147. The van der Waals surface area contributed by atoms with Gasteiger partial charge in [0.15, 0.2) is 0 Å². The van der Waals surface area contributed by atoms with Crippen molar-refractivity contribution in [2.45, 2.75) is 18.2 Å². The molecule has 0 saturated carbocycles. The molecule has 0 saturated heterocycles. The van der Waals surface area contributed by atoms with E-state index in [0.717, 1.165) is 6.20 Å². The number of pyridine rings is 1. The maximum absolute atomic E-state index is 12.6. The van der Waals surface area contributed by atoms with Gasteiger partial charge in [-0.05, 0) is 6.92 Å². The fraction of sp³-hybridized carbons (Fsp3) is 0.286. The zero-order valence-corrected chi connectivity index (χ0v) is 8.55. The Bertz CT molecular complexity index is 487. The first-order valence-electron chi connectivity index (χ1n) is 3.81. The molecule has 5 nitrogen and oxygen atoms in total. The second-order valence-electron chi connectivity index (χ2n) is 2.89. The Balaban J connectivity index is 3.62. The van der Waals surface area contributed by atoms with Crippen molar-refractivity contribution in [3.63, 3.8) is 0 Å². The Morgan fingerprint density at radius 1 is 1.47 bits per heavy atom. The number of nitrogens with zero attached hydrogens (tertiary/aromatic N) is 1. The molecule has 0 atom stereocenters. The van der Waals surface area contributed by atoms with Gasteiger partial charge < -0.3 is 5.73 Å². The normalized spacial score (nSPS) is 12.1. The smallest absolute Gasteiger partial charge is 0.265 e. The zero-order chi connectivity index (χ0) is 11.8. The minimum absolute atomic E-state index is 0.0727. The number of alkyl halides is 2. The van der Waals surface area contributed by atoms with E-state index in [1.165, 1.54) is 6.92 Å². The fourth-order valence-electron chi connectivity index (χ4n) is 1.12. The van der Waals surface area contributed by atoms with Gasteiger partial charge in [-0.1, -0.05) is 0 Å². The number of sulfonamides is 1. The Morgan fingerprint density at radius 3 is 2.40 bits per heavy atom. The van der Waals surface area contributed by atoms with Crippen LogP contribution in [0.1, 0.15) is 17.6 Å². The van der Waals surface area contributed by atoms with Gasteiger partial charge in [-0.25, -0.2) is 27.3 Å². The molecule has 84 valence electrons. The second-order valence-corrected chi connectivity index (χ2v) is 4.42. The molecule has 1 aromatic rings.